The minimum absolute atomic E-state index is 1.10. The molecule has 44 heavy (non-hydrogen) atoms. The number of nitrogens with zero attached hydrogens (tertiary/aromatic N) is 3. The number of pyridine rings is 1. The number of aromatic nitrogens is 3. The van der Waals surface area contributed by atoms with Crippen molar-refractivity contribution in [2.75, 3.05) is 0 Å². The molecule has 0 amide bonds. The van der Waals surface area contributed by atoms with Crippen LogP contribution in [0.1, 0.15) is 0 Å². The van der Waals surface area contributed by atoms with E-state index in [4.69, 9.17) is 0 Å². The van der Waals surface area contributed by atoms with Crippen LogP contribution >= 0.6 is 0 Å². The average molecular weight is 562 g/mol. The molecule has 3 aromatic heterocycles. The lowest BCUT2D eigenvalue weighted by molar-refractivity contribution is 1.17. The van der Waals surface area contributed by atoms with Crippen molar-refractivity contribution in [1.82, 2.24) is 14.1 Å². The molecule has 3 heteroatoms. The molecule has 9 rings (SSSR count). The second-order valence-corrected chi connectivity index (χ2v) is 11.3. The fourth-order valence-electron chi connectivity index (χ4n) is 6.79. The first-order valence-corrected chi connectivity index (χ1v) is 15.0. The van der Waals surface area contributed by atoms with Crippen molar-refractivity contribution in [2.24, 2.45) is 0 Å². The van der Waals surface area contributed by atoms with Crippen LogP contribution in [0.4, 0.5) is 0 Å². The third kappa shape index (κ3) is 3.80. The third-order valence-electron chi connectivity index (χ3n) is 8.80. The van der Waals surface area contributed by atoms with E-state index >= 15 is 0 Å². The van der Waals surface area contributed by atoms with E-state index in [-0.39, 0.29) is 0 Å². The highest BCUT2D eigenvalue weighted by atomic mass is 15.0. The van der Waals surface area contributed by atoms with E-state index in [1.807, 2.05) is 12.4 Å². The smallest absolute Gasteiger partial charge is 0.0724 e. The lowest BCUT2D eigenvalue weighted by Crippen LogP contribution is -1.95. The van der Waals surface area contributed by atoms with E-state index in [0.29, 0.717) is 0 Å². The van der Waals surface area contributed by atoms with Gasteiger partial charge in [-0.1, -0.05) is 97.1 Å². The molecular formula is C41H27N3. The zero-order chi connectivity index (χ0) is 29.0. The second-order valence-electron chi connectivity index (χ2n) is 11.3. The quantitative estimate of drug-likeness (QED) is 0.210. The Balaban J connectivity index is 1.26. The Morgan fingerprint density at radius 3 is 1.84 bits per heavy atom. The van der Waals surface area contributed by atoms with Gasteiger partial charge in [-0.15, -0.1) is 0 Å². The van der Waals surface area contributed by atoms with E-state index < -0.39 is 0 Å². The van der Waals surface area contributed by atoms with E-state index in [9.17, 15) is 0 Å². The highest BCUT2D eigenvalue weighted by Crippen LogP contribution is 2.38. The van der Waals surface area contributed by atoms with Crippen molar-refractivity contribution in [1.29, 1.82) is 0 Å². The van der Waals surface area contributed by atoms with Crippen molar-refractivity contribution in [2.45, 2.75) is 0 Å². The second kappa shape index (κ2) is 9.82. The van der Waals surface area contributed by atoms with Gasteiger partial charge in [0.2, 0.25) is 0 Å². The molecule has 9 aromatic rings. The van der Waals surface area contributed by atoms with Crippen LogP contribution in [0.25, 0.3) is 77.2 Å². The monoisotopic (exact) mass is 561 g/mol. The minimum atomic E-state index is 1.10. The number of hydrogen-bond donors (Lipinski definition) is 0. The Morgan fingerprint density at radius 1 is 0.341 bits per heavy atom. The molecule has 0 saturated heterocycles. The molecule has 0 radical (unpaired) electrons. The van der Waals surface area contributed by atoms with Gasteiger partial charge in [-0.2, -0.15) is 0 Å². The topological polar surface area (TPSA) is 22.8 Å². The summed E-state index contributed by atoms with van der Waals surface area (Å²) in [5.41, 5.74) is 11.8. The largest absolute Gasteiger partial charge is 0.309 e. The van der Waals surface area contributed by atoms with E-state index in [1.54, 1.807) is 0 Å². The molecule has 3 heterocycles. The number of fused-ring (bicyclic) bond motifs is 6. The summed E-state index contributed by atoms with van der Waals surface area (Å²) in [6.07, 6.45) is 3.87. The number of benzene rings is 6. The standard InChI is InChI=1S/C41H27N3/c1-3-10-28(11-4-1)29-12-9-15-33(24-29)44-40-26-31(18-20-35(40)36-22-23-42-27-41(36)44)30-19-21-39-37(25-30)34-16-7-8-17-38(34)43(39)32-13-5-2-6-14-32/h1-27H. The van der Waals surface area contributed by atoms with Gasteiger partial charge >= 0.3 is 0 Å². The molecule has 0 N–H and O–H groups in total. The summed E-state index contributed by atoms with van der Waals surface area (Å²) >= 11 is 0. The fraction of sp³-hybridized carbons (Fsp3) is 0. The van der Waals surface area contributed by atoms with E-state index in [1.165, 1.54) is 66.0 Å². The van der Waals surface area contributed by atoms with Gasteiger partial charge in [0.15, 0.2) is 0 Å². The van der Waals surface area contributed by atoms with Crippen molar-refractivity contribution >= 4 is 43.6 Å². The summed E-state index contributed by atoms with van der Waals surface area (Å²) in [4.78, 5) is 4.52. The third-order valence-corrected chi connectivity index (χ3v) is 8.80. The number of hydrogen-bond acceptors (Lipinski definition) is 1. The molecule has 0 atom stereocenters. The summed E-state index contributed by atoms with van der Waals surface area (Å²) in [5, 5.41) is 4.93. The summed E-state index contributed by atoms with van der Waals surface area (Å²) in [7, 11) is 0. The highest BCUT2D eigenvalue weighted by Gasteiger charge is 2.16. The SMILES string of the molecule is c1ccc(-c2cccc(-n3c4cnccc4c4ccc(-c5ccc6c(c5)c5ccccc5n6-c5ccccc5)cc43)c2)cc1. The predicted molar refractivity (Wildman–Crippen MR) is 184 cm³/mol. The van der Waals surface area contributed by atoms with Gasteiger partial charge in [0, 0.05) is 39.1 Å². The average Bonchev–Trinajstić information content (AvgIpc) is 3.61. The van der Waals surface area contributed by atoms with E-state index in [0.717, 1.165) is 11.2 Å². The Kier molecular flexibility index (Phi) is 5.50. The van der Waals surface area contributed by atoms with Gasteiger partial charge in [-0.25, -0.2) is 0 Å². The normalized spacial score (nSPS) is 11.6. The van der Waals surface area contributed by atoms with Crippen LogP contribution in [-0.4, -0.2) is 14.1 Å². The summed E-state index contributed by atoms with van der Waals surface area (Å²) in [6, 6.07) is 54.5. The van der Waals surface area contributed by atoms with Gasteiger partial charge in [0.1, 0.15) is 0 Å². The lowest BCUT2D eigenvalue weighted by Gasteiger charge is -2.11. The molecule has 6 aromatic carbocycles. The van der Waals surface area contributed by atoms with Crippen LogP contribution in [0.2, 0.25) is 0 Å². The first kappa shape index (κ1) is 24.6. The van der Waals surface area contributed by atoms with Crippen LogP contribution in [0.3, 0.4) is 0 Å². The molecule has 206 valence electrons. The zero-order valence-electron chi connectivity index (χ0n) is 23.9. The molecule has 0 spiro atoms. The van der Waals surface area contributed by atoms with Crippen LogP contribution in [0.5, 0.6) is 0 Å². The molecule has 0 fully saturated rings. The maximum atomic E-state index is 4.52. The summed E-state index contributed by atoms with van der Waals surface area (Å²) in [5.74, 6) is 0. The Bertz CT molecular complexity index is 2480. The van der Waals surface area contributed by atoms with E-state index in [2.05, 4.69) is 166 Å². The van der Waals surface area contributed by atoms with Crippen molar-refractivity contribution in [3.05, 3.63) is 164 Å². The molecule has 0 aliphatic rings. The van der Waals surface area contributed by atoms with Gasteiger partial charge in [-0.05, 0) is 76.9 Å². The van der Waals surface area contributed by atoms with Gasteiger partial charge in [-0.3, -0.25) is 4.98 Å². The van der Waals surface area contributed by atoms with Crippen molar-refractivity contribution in [3.63, 3.8) is 0 Å². The van der Waals surface area contributed by atoms with Crippen LogP contribution in [0.15, 0.2) is 164 Å². The molecule has 3 nitrogen and oxygen atoms in total. The maximum absolute atomic E-state index is 4.52. The van der Waals surface area contributed by atoms with Crippen LogP contribution in [-0.2, 0) is 0 Å². The van der Waals surface area contributed by atoms with Crippen LogP contribution in [0, 0.1) is 0 Å². The Morgan fingerprint density at radius 2 is 0.955 bits per heavy atom. The Labute approximate surface area is 254 Å². The fourth-order valence-corrected chi connectivity index (χ4v) is 6.79. The first-order valence-electron chi connectivity index (χ1n) is 15.0. The molecule has 0 bridgehead atoms. The summed E-state index contributed by atoms with van der Waals surface area (Å²) < 4.78 is 4.72. The molecule has 0 unspecified atom stereocenters. The zero-order valence-corrected chi connectivity index (χ0v) is 23.9. The first-order chi connectivity index (χ1) is 21.8. The van der Waals surface area contributed by atoms with Gasteiger partial charge < -0.3 is 9.13 Å². The van der Waals surface area contributed by atoms with Crippen molar-refractivity contribution in [3.8, 4) is 33.6 Å². The van der Waals surface area contributed by atoms with Crippen molar-refractivity contribution < 1.29 is 0 Å². The number of para-hydroxylation sites is 2. The van der Waals surface area contributed by atoms with Gasteiger partial charge in [0.25, 0.3) is 0 Å². The predicted octanol–water partition coefficient (Wildman–Crippen LogP) is 10.6. The molecular weight excluding hydrogens is 534 g/mol. The molecule has 0 saturated carbocycles. The number of rotatable bonds is 4. The minimum Gasteiger partial charge on any atom is -0.309 e. The maximum Gasteiger partial charge on any atom is 0.0724 e. The summed E-state index contributed by atoms with van der Waals surface area (Å²) in [6.45, 7) is 0. The highest BCUT2D eigenvalue weighted by molar-refractivity contribution is 6.12. The van der Waals surface area contributed by atoms with Gasteiger partial charge in [0.05, 0.1) is 28.3 Å². The molecule has 0 aliphatic heterocycles. The molecule has 0 aliphatic carbocycles. The van der Waals surface area contributed by atoms with Crippen LogP contribution < -0.4 is 0 Å². The lowest BCUT2D eigenvalue weighted by atomic mass is 10.0. The Hall–Kier alpha value is -5.93.